The first-order valence-electron chi connectivity index (χ1n) is 4.61. The highest BCUT2D eigenvalue weighted by molar-refractivity contribution is 9.10. The van der Waals surface area contributed by atoms with Crippen LogP contribution in [0.2, 0.25) is 0 Å². The molecule has 0 unspecified atom stereocenters. The third-order valence-corrected chi connectivity index (χ3v) is 2.92. The number of rotatable bonds is 2. The van der Waals surface area contributed by atoms with Crippen LogP contribution in [-0.4, -0.2) is 20.8 Å². The van der Waals surface area contributed by atoms with Crippen molar-refractivity contribution in [3.63, 3.8) is 0 Å². The van der Waals surface area contributed by atoms with Crippen LogP contribution in [0.5, 0.6) is 0 Å². The number of hydrogen-bond acceptors (Lipinski definition) is 2. The molecule has 1 heterocycles. The van der Waals surface area contributed by atoms with Crippen molar-refractivity contribution in [3.8, 4) is 0 Å². The molecule has 15 heavy (non-hydrogen) atoms. The molecule has 0 radical (unpaired) electrons. The van der Waals surface area contributed by atoms with Gasteiger partial charge in [0.25, 0.3) is 0 Å². The van der Waals surface area contributed by atoms with Gasteiger partial charge in [0.1, 0.15) is 0 Å². The number of halogens is 1. The third kappa shape index (κ3) is 1.61. The fourth-order valence-electron chi connectivity index (χ4n) is 1.70. The molecule has 5 heteroatoms. The number of benzene rings is 1. The largest absolute Gasteiger partial charge is 0.395 e. The molecule has 0 spiro atoms. The maximum Gasteiger partial charge on any atom is 0.328 e. The van der Waals surface area contributed by atoms with Crippen molar-refractivity contribution in [2.45, 2.75) is 6.54 Å². The average Bonchev–Trinajstić information content (AvgIpc) is 2.44. The van der Waals surface area contributed by atoms with E-state index in [9.17, 15) is 4.79 Å². The number of imidazole rings is 1. The van der Waals surface area contributed by atoms with Gasteiger partial charge < -0.3 is 5.11 Å². The van der Waals surface area contributed by atoms with Crippen LogP contribution in [0.15, 0.2) is 27.5 Å². The summed E-state index contributed by atoms with van der Waals surface area (Å²) in [4.78, 5) is 11.8. The van der Waals surface area contributed by atoms with Crippen LogP contribution >= 0.6 is 15.9 Å². The Hall–Kier alpha value is -1.07. The average molecular weight is 271 g/mol. The smallest absolute Gasteiger partial charge is 0.328 e. The molecule has 0 aliphatic heterocycles. The topological polar surface area (TPSA) is 47.2 Å². The number of nitrogens with zero attached hydrogens (tertiary/aromatic N) is 2. The van der Waals surface area contributed by atoms with Crippen LogP contribution in [0.25, 0.3) is 11.0 Å². The molecule has 0 saturated heterocycles. The van der Waals surface area contributed by atoms with E-state index in [1.54, 1.807) is 16.2 Å². The normalized spacial score (nSPS) is 11.1. The fourth-order valence-corrected chi connectivity index (χ4v) is 2.05. The van der Waals surface area contributed by atoms with Gasteiger partial charge in [-0.2, -0.15) is 0 Å². The van der Waals surface area contributed by atoms with Crippen molar-refractivity contribution < 1.29 is 5.11 Å². The summed E-state index contributed by atoms with van der Waals surface area (Å²) >= 11 is 3.37. The van der Waals surface area contributed by atoms with Crippen LogP contribution in [0, 0.1) is 0 Å². The van der Waals surface area contributed by atoms with Crippen molar-refractivity contribution in [1.82, 2.24) is 9.13 Å². The van der Waals surface area contributed by atoms with Crippen molar-refractivity contribution >= 4 is 27.0 Å². The van der Waals surface area contributed by atoms with Gasteiger partial charge in [0.05, 0.1) is 24.2 Å². The highest BCUT2D eigenvalue weighted by atomic mass is 79.9. The molecular weight excluding hydrogens is 260 g/mol. The van der Waals surface area contributed by atoms with Crippen molar-refractivity contribution in [2.75, 3.05) is 6.61 Å². The maximum absolute atomic E-state index is 11.8. The Balaban J connectivity index is 2.81. The molecule has 0 atom stereocenters. The van der Waals surface area contributed by atoms with Crippen molar-refractivity contribution in [1.29, 1.82) is 0 Å². The van der Waals surface area contributed by atoms with E-state index in [1.165, 1.54) is 0 Å². The Morgan fingerprint density at radius 3 is 2.80 bits per heavy atom. The van der Waals surface area contributed by atoms with Gasteiger partial charge in [0.2, 0.25) is 0 Å². The van der Waals surface area contributed by atoms with E-state index in [0.29, 0.717) is 6.54 Å². The van der Waals surface area contributed by atoms with Crippen LogP contribution in [-0.2, 0) is 13.6 Å². The van der Waals surface area contributed by atoms with Crippen molar-refractivity contribution in [2.24, 2.45) is 7.05 Å². The van der Waals surface area contributed by atoms with Crippen LogP contribution in [0.3, 0.4) is 0 Å². The lowest BCUT2D eigenvalue weighted by Gasteiger charge is -1.99. The molecule has 80 valence electrons. The Morgan fingerprint density at radius 2 is 2.13 bits per heavy atom. The van der Waals surface area contributed by atoms with E-state index in [0.717, 1.165) is 15.5 Å². The van der Waals surface area contributed by atoms with E-state index in [2.05, 4.69) is 15.9 Å². The second kappa shape index (κ2) is 3.83. The van der Waals surface area contributed by atoms with Gasteiger partial charge in [0.15, 0.2) is 0 Å². The van der Waals surface area contributed by atoms with Crippen LogP contribution in [0.1, 0.15) is 0 Å². The van der Waals surface area contributed by atoms with Gasteiger partial charge in [-0.3, -0.25) is 9.13 Å². The number of aromatic nitrogens is 2. The predicted octanol–water partition coefficient (Wildman–Crippen LogP) is 1.09. The minimum absolute atomic E-state index is 0.0327. The summed E-state index contributed by atoms with van der Waals surface area (Å²) < 4.78 is 4.09. The second-order valence-electron chi connectivity index (χ2n) is 3.35. The number of fused-ring (bicyclic) bond motifs is 1. The first kappa shape index (κ1) is 10.4. The summed E-state index contributed by atoms with van der Waals surface area (Å²) in [6.45, 7) is 0.299. The molecule has 0 saturated carbocycles. The van der Waals surface area contributed by atoms with Crippen molar-refractivity contribution in [3.05, 3.63) is 33.2 Å². The summed E-state index contributed by atoms with van der Waals surface area (Å²) in [7, 11) is 1.73. The van der Waals surface area contributed by atoms with Crippen LogP contribution in [0.4, 0.5) is 0 Å². The fraction of sp³-hybridized carbons (Fsp3) is 0.300. The van der Waals surface area contributed by atoms with Crippen LogP contribution < -0.4 is 5.69 Å². The second-order valence-corrected chi connectivity index (χ2v) is 4.27. The molecule has 2 rings (SSSR count). The molecule has 0 amide bonds. The summed E-state index contributed by atoms with van der Waals surface area (Å²) in [5, 5.41) is 8.89. The van der Waals surface area contributed by atoms with Gasteiger partial charge in [-0.15, -0.1) is 0 Å². The number of aliphatic hydroxyl groups is 1. The third-order valence-electron chi connectivity index (χ3n) is 2.43. The summed E-state index contributed by atoms with van der Waals surface area (Å²) in [5.41, 5.74) is 1.61. The first-order valence-corrected chi connectivity index (χ1v) is 5.40. The number of hydrogen-bond donors (Lipinski definition) is 1. The zero-order valence-electron chi connectivity index (χ0n) is 8.27. The Labute approximate surface area is 94.9 Å². The number of aryl methyl sites for hydroxylation is 1. The van der Waals surface area contributed by atoms with Gasteiger partial charge in [-0.1, -0.05) is 15.9 Å². The minimum atomic E-state index is -0.0999. The predicted molar refractivity (Wildman–Crippen MR) is 62.0 cm³/mol. The van der Waals surface area contributed by atoms with Gasteiger partial charge in [-0.05, 0) is 18.2 Å². The zero-order valence-corrected chi connectivity index (χ0v) is 9.86. The molecule has 0 aliphatic carbocycles. The maximum atomic E-state index is 11.8. The lowest BCUT2D eigenvalue weighted by molar-refractivity contribution is 0.275. The molecule has 2 aromatic rings. The summed E-state index contributed by atoms with van der Waals surface area (Å²) in [6, 6.07) is 5.65. The number of aliphatic hydroxyl groups excluding tert-OH is 1. The zero-order chi connectivity index (χ0) is 11.0. The molecule has 1 aromatic carbocycles. The van der Waals surface area contributed by atoms with E-state index < -0.39 is 0 Å². The molecule has 0 aliphatic rings. The molecule has 1 N–H and O–H groups in total. The molecule has 0 fully saturated rings. The molecule has 0 bridgehead atoms. The van der Waals surface area contributed by atoms with E-state index in [1.807, 2.05) is 18.2 Å². The Bertz CT molecular complexity index is 556. The van der Waals surface area contributed by atoms with E-state index >= 15 is 0 Å². The molecular formula is C10H11BrN2O2. The molecule has 4 nitrogen and oxygen atoms in total. The Kier molecular flexibility index (Phi) is 2.67. The summed E-state index contributed by atoms with van der Waals surface area (Å²) in [5.74, 6) is 0. The molecule has 1 aromatic heterocycles. The quantitative estimate of drug-likeness (QED) is 0.889. The summed E-state index contributed by atoms with van der Waals surface area (Å²) in [6.07, 6.45) is 0. The lowest BCUT2D eigenvalue weighted by Crippen LogP contribution is -2.23. The van der Waals surface area contributed by atoms with Gasteiger partial charge in [0, 0.05) is 11.5 Å². The minimum Gasteiger partial charge on any atom is -0.395 e. The SMILES string of the molecule is Cn1c(=O)n(CCO)c2ccc(Br)cc21. The highest BCUT2D eigenvalue weighted by Gasteiger charge is 2.09. The lowest BCUT2D eigenvalue weighted by atomic mass is 10.3. The van der Waals surface area contributed by atoms with E-state index in [-0.39, 0.29) is 12.3 Å². The monoisotopic (exact) mass is 270 g/mol. The van der Waals surface area contributed by atoms with Gasteiger partial charge >= 0.3 is 5.69 Å². The Morgan fingerprint density at radius 1 is 1.40 bits per heavy atom. The standard InChI is InChI=1S/C10H11BrN2O2/c1-12-9-6-7(11)2-3-8(9)13(4-5-14)10(12)15/h2-3,6,14H,4-5H2,1H3. The van der Waals surface area contributed by atoms with Gasteiger partial charge in [-0.25, -0.2) is 4.79 Å². The highest BCUT2D eigenvalue weighted by Crippen LogP contribution is 2.18. The first-order chi connectivity index (χ1) is 7.15. The van der Waals surface area contributed by atoms with E-state index in [4.69, 9.17) is 5.11 Å².